The number of amides is 2. The molecule has 0 aromatic heterocycles. The van der Waals surface area contributed by atoms with E-state index in [1.54, 1.807) is 24.0 Å². The quantitative estimate of drug-likeness (QED) is 0.914. The fourth-order valence-corrected chi connectivity index (χ4v) is 3.39. The van der Waals surface area contributed by atoms with E-state index < -0.39 is 6.10 Å². The summed E-state index contributed by atoms with van der Waals surface area (Å²) < 4.78 is 18.9. The first-order valence-electron chi connectivity index (χ1n) is 8.18. The lowest BCUT2D eigenvalue weighted by Crippen LogP contribution is -2.31. The van der Waals surface area contributed by atoms with Crippen LogP contribution in [0.5, 0.6) is 5.75 Å². The molecule has 2 amide bonds. The number of nitrogens with one attached hydrogen (secondary N) is 1. The maximum atomic E-state index is 13.3. The molecule has 25 heavy (non-hydrogen) atoms. The van der Waals surface area contributed by atoms with Crippen molar-refractivity contribution in [2.75, 3.05) is 16.8 Å². The van der Waals surface area contributed by atoms with Crippen LogP contribution < -0.4 is 15.0 Å². The topological polar surface area (TPSA) is 58.6 Å². The van der Waals surface area contributed by atoms with Gasteiger partial charge in [-0.05, 0) is 48.4 Å². The SMILES string of the molecule is CC(=O)N1CCc2cc(NC(=O)[C@H]3Cc4cc(F)ccc4O3)ccc21. The molecule has 2 aromatic carbocycles. The van der Waals surface area contributed by atoms with Crippen LogP contribution in [-0.2, 0) is 22.4 Å². The molecule has 128 valence electrons. The summed E-state index contributed by atoms with van der Waals surface area (Å²) in [5.74, 6) is -0.0393. The third kappa shape index (κ3) is 2.84. The van der Waals surface area contributed by atoms with Gasteiger partial charge in [0.25, 0.3) is 5.91 Å². The van der Waals surface area contributed by atoms with Gasteiger partial charge in [0.05, 0.1) is 0 Å². The molecule has 6 heteroatoms. The number of carbonyl (C=O) groups excluding carboxylic acids is 2. The molecular weight excluding hydrogens is 323 g/mol. The lowest BCUT2D eigenvalue weighted by molar-refractivity contribution is -0.122. The standard InChI is InChI=1S/C19H17FN2O3/c1-11(23)22-7-6-12-9-15(3-4-16(12)22)21-19(24)18-10-13-8-14(20)2-5-17(13)25-18/h2-5,8-9,18H,6-7,10H2,1H3,(H,21,24)/t18-/m1/s1. The number of benzene rings is 2. The second-order valence-electron chi connectivity index (χ2n) is 6.32. The van der Waals surface area contributed by atoms with Gasteiger partial charge < -0.3 is 15.0 Å². The van der Waals surface area contributed by atoms with Crippen LogP contribution in [0.3, 0.4) is 0 Å². The van der Waals surface area contributed by atoms with Gasteiger partial charge in [-0.15, -0.1) is 0 Å². The van der Waals surface area contributed by atoms with E-state index >= 15 is 0 Å². The number of ether oxygens (including phenoxy) is 1. The van der Waals surface area contributed by atoms with E-state index in [2.05, 4.69) is 5.32 Å². The van der Waals surface area contributed by atoms with Gasteiger partial charge in [-0.25, -0.2) is 4.39 Å². The number of hydrogen-bond donors (Lipinski definition) is 1. The smallest absolute Gasteiger partial charge is 0.265 e. The minimum absolute atomic E-state index is 0.0138. The number of anilines is 2. The van der Waals surface area contributed by atoms with E-state index in [1.807, 2.05) is 12.1 Å². The average Bonchev–Trinajstić information content (AvgIpc) is 3.17. The molecule has 5 nitrogen and oxygen atoms in total. The van der Waals surface area contributed by atoms with Crippen LogP contribution in [0.25, 0.3) is 0 Å². The summed E-state index contributed by atoms with van der Waals surface area (Å²) in [4.78, 5) is 25.8. The van der Waals surface area contributed by atoms with Gasteiger partial charge in [0.2, 0.25) is 5.91 Å². The van der Waals surface area contributed by atoms with Crippen molar-refractivity contribution < 1.29 is 18.7 Å². The first-order valence-corrected chi connectivity index (χ1v) is 8.18. The van der Waals surface area contributed by atoms with E-state index in [4.69, 9.17) is 4.74 Å². The predicted octanol–water partition coefficient (Wildman–Crippen LogP) is 2.68. The van der Waals surface area contributed by atoms with Crippen LogP contribution in [0.2, 0.25) is 0 Å². The molecule has 4 rings (SSSR count). The number of carbonyl (C=O) groups is 2. The van der Waals surface area contributed by atoms with E-state index in [0.29, 0.717) is 30.0 Å². The van der Waals surface area contributed by atoms with Crippen LogP contribution in [0.15, 0.2) is 36.4 Å². The maximum Gasteiger partial charge on any atom is 0.265 e. The van der Waals surface area contributed by atoms with E-state index in [0.717, 1.165) is 17.7 Å². The maximum absolute atomic E-state index is 13.3. The summed E-state index contributed by atoms with van der Waals surface area (Å²) in [7, 11) is 0. The minimum atomic E-state index is -0.668. The van der Waals surface area contributed by atoms with Crippen molar-refractivity contribution in [2.24, 2.45) is 0 Å². The van der Waals surface area contributed by atoms with Crippen molar-refractivity contribution in [3.05, 3.63) is 53.3 Å². The van der Waals surface area contributed by atoms with Crippen molar-refractivity contribution in [1.29, 1.82) is 0 Å². The van der Waals surface area contributed by atoms with Crippen molar-refractivity contribution in [1.82, 2.24) is 0 Å². The van der Waals surface area contributed by atoms with E-state index in [1.165, 1.54) is 12.1 Å². The minimum Gasteiger partial charge on any atom is -0.480 e. The average molecular weight is 340 g/mol. The van der Waals surface area contributed by atoms with Crippen molar-refractivity contribution in [2.45, 2.75) is 25.9 Å². The number of rotatable bonds is 2. The molecule has 1 N–H and O–H groups in total. The first-order chi connectivity index (χ1) is 12.0. The number of halogens is 1. The molecule has 2 aliphatic rings. The van der Waals surface area contributed by atoms with Crippen LogP contribution in [0.4, 0.5) is 15.8 Å². The molecule has 0 bridgehead atoms. The van der Waals surface area contributed by atoms with E-state index in [9.17, 15) is 14.0 Å². The molecule has 0 radical (unpaired) electrons. The molecule has 0 aliphatic carbocycles. The monoisotopic (exact) mass is 340 g/mol. The lowest BCUT2D eigenvalue weighted by atomic mass is 10.1. The zero-order valence-corrected chi connectivity index (χ0v) is 13.7. The molecular formula is C19H17FN2O3. The van der Waals surface area contributed by atoms with Gasteiger partial charge in [0.1, 0.15) is 11.6 Å². The zero-order chi connectivity index (χ0) is 17.6. The number of fused-ring (bicyclic) bond motifs is 2. The lowest BCUT2D eigenvalue weighted by Gasteiger charge is -2.15. The number of nitrogens with zero attached hydrogens (tertiary/aromatic N) is 1. The van der Waals surface area contributed by atoms with Crippen LogP contribution in [0.1, 0.15) is 18.1 Å². The third-order valence-electron chi connectivity index (χ3n) is 4.61. The second kappa shape index (κ2) is 5.88. The molecule has 0 spiro atoms. The van der Waals surface area contributed by atoms with Crippen LogP contribution >= 0.6 is 0 Å². The summed E-state index contributed by atoms with van der Waals surface area (Å²) in [5.41, 5.74) is 3.29. The highest BCUT2D eigenvalue weighted by molar-refractivity contribution is 5.97. The summed E-state index contributed by atoms with van der Waals surface area (Å²) in [6.07, 6.45) is 0.449. The summed E-state index contributed by atoms with van der Waals surface area (Å²) in [5, 5.41) is 2.85. The Morgan fingerprint density at radius 2 is 2.04 bits per heavy atom. The Morgan fingerprint density at radius 3 is 2.84 bits per heavy atom. The summed E-state index contributed by atoms with van der Waals surface area (Å²) in [6, 6.07) is 9.77. The van der Waals surface area contributed by atoms with Gasteiger partial charge in [0.15, 0.2) is 6.10 Å². The van der Waals surface area contributed by atoms with Crippen molar-refractivity contribution in [3.8, 4) is 5.75 Å². The summed E-state index contributed by atoms with van der Waals surface area (Å²) >= 11 is 0. The van der Waals surface area contributed by atoms with Crippen molar-refractivity contribution in [3.63, 3.8) is 0 Å². The fraction of sp³-hybridized carbons (Fsp3) is 0.263. The normalized spacial score (nSPS) is 17.7. The molecule has 0 fully saturated rings. The fourth-order valence-electron chi connectivity index (χ4n) is 3.39. The number of hydrogen-bond acceptors (Lipinski definition) is 3. The molecule has 1 atom stereocenters. The Morgan fingerprint density at radius 1 is 1.20 bits per heavy atom. The van der Waals surface area contributed by atoms with Gasteiger partial charge in [0, 0.05) is 36.8 Å². The van der Waals surface area contributed by atoms with Gasteiger partial charge in [-0.1, -0.05) is 0 Å². The Labute approximate surface area is 144 Å². The van der Waals surface area contributed by atoms with Gasteiger partial charge in [-0.3, -0.25) is 9.59 Å². The Balaban J connectivity index is 1.47. The third-order valence-corrected chi connectivity index (χ3v) is 4.61. The highest BCUT2D eigenvalue weighted by Gasteiger charge is 2.30. The van der Waals surface area contributed by atoms with E-state index in [-0.39, 0.29) is 17.6 Å². The largest absolute Gasteiger partial charge is 0.480 e. The zero-order valence-electron chi connectivity index (χ0n) is 13.7. The van der Waals surface area contributed by atoms with Gasteiger partial charge in [-0.2, -0.15) is 0 Å². The molecule has 0 unspecified atom stereocenters. The predicted molar refractivity (Wildman–Crippen MR) is 91.3 cm³/mol. The highest BCUT2D eigenvalue weighted by Crippen LogP contribution is 2.32. The Bertz CT molecular complexity index is 881. The second-order valence-corrected chi connectivity index (χ2v) is 6.32. The Hall–Kier alpha value is -2.89. The Kier molecular flexibility index (Phi) is 3.67. The first kappa shape index (κ1) is 15.6. The van der Waals surface area contributed by atoms with Crippen molar-refractivity contribution >= 4 is 23.2 Å². The highest BCUT2D eigenvalue weighted by atomic mass is 19.1. The molecule has 2 heterocycles. The molecule has 2 aromatic rings. The molecule has 0 saturated carbocycles. The summed E-state index contributed by atoms with van der Waals surface area (Å²) in [6.45, 7) is 2.21. The molecule has 2 aliphatic heterocycles. The van der Waals surface area contributed by atoms with Crippen LogP contribution in [-0.4, -0.2) is 24.5 Å². The molecule has 0 saturated heterocycles. The van der Waals surface area contributed by atoms with Crippen LogP contribution in [0, 0.1) is 5.82 Å². The van der Waals surface area contributed by atoms with Gasteiger partial charge >= 0.3 is 0 Å².